The Morgan fingerprint density at radius 1 is 0.769 bits per heavy atom. The molecule has 0 aliphatic heterocycles. The van der Waals surface area contributed by atoms with Crippen LogP contribution in [0.25, 0.3) is 0 Å². The molecule has 3 rings (SSSR count). The Bertz CT molecular complexity index is 967. The zero-order chi connectivity index (χ0) is 18.5. The molecule has 0 aromatic heterocycles. The quantitative estimate of drug-likeness (QED) is 0.428. The minimum Gasteiger partial charge on any atom is -0.322 e. The third-order valence-electron chi connectivity index (χ3n) is 3.79. The lowest BCUT2D eigenvalue weighted by Gasteiger charge is -2.09. The van der Waals surface area contributed by atoms with Crippen LogP contribution in [0, 0.1) is 10.1 Å². The van der Waals surface area contributed by atoms with Gasteiger partial charge in [0, 0.05) is 28.9 Å². The first-order valence-electron chi connectivity index (χ1n) is 7.81. The molecule has 0 aliphatic rings. The fourth-order valence-electron chi connectivity index (χ4n) is 2.49. The molecule has 1 amide bonds. The van der Waals surface area contributed by atoms with Crippen molar-refractivity contribution in [2.24, 2.45) is 0 Å². The van der Waals surface area contributed by atoms with Crippen LogP contribution in [0.4, 0.5) is 11.4 Å². The summed E-state index contributed by atoms with van der Waals surface area (Å²) in [6.45, 7) is 0. The number of carbonyl (C=O) groups excluding carboxylic acids is 2. The summed E-state index contributed by atoms with van der Waals surface area (Å²) in [6, 6.07) is 20.7. The summed E-state index contributed by atoms with van der Waals surface area (Å²) in [5.41, 5.74) is 1.35. The highest BCUT2D eigenvalue weighted by molar-refractivity contribution is 6.17. The highest BCUT2D eigenvalue weighted by atomic mass is 16.6. The fourth-order valence-corrected chi connectivity index (χ4v) is 2.49. The molecule has 3 aromatic rings. The number of benzene rings is 3. The zero-order valence-corrected chi connectivity index (χ0v) is 13.6. The summed E-state index contributed by atoms with van der Waals surface area (Å²) in [7, 11) is 0. The number of nitrogens with one attached hydrogen (secondary N) is 1. The lowest BCUT2D eigenvalue weighted by atomic mass is 9.98. The molecule has 0 radical (unpaired) electrons. The third-order valence-corrected chi connectivity index (χ3v) is 3.79. The van der Waals surface area contributed by atoms with E-state index in [0.29, 0.717) is 11.3 Å². The van der Waals surface area contributed by atoms with Gasteiger partial charge in [-0.05, 0) is 18.2 Å². The summed E-state index contributed by atoms with van der Waals surface area (Å²) in [4.78, 5) is 35.5. The molecule has 0 saturated heterocycles. The molecule has 0 fully saturated rings. The minimum absolute atomic E-state index is 0.0670. The molecular weight excluding hydrogens is 332 g/mol. The van der Waals surface area contributed by atoms with Crippen molar-refractivity contribution >= 4 is 23.1 Å². The van der Waals surface area contributed by atoms with Crippen LogP contribution in [0.3, 0.4) is 0 Å². The molecule has 0 saturated carbocycles. The normalized spacial score (nSPS) is 10.2. The van der Waals surface area contributed by atoms with Crippen molar-refractivity contribution in [3.05, 3.63) is 106 Å². The van der Waals surface area contributed by atoms with E-state index >= 15 is 0 Å². The van der Waals surface area contributed by atoms with Gasteiger partial charge >= 0.3 is 0 Å². The van der Waals surface area contributed by atoms with Gasteiger partial charge in [-0.3, -0.25) is 19.7 Å². The van der Waals surface area contributed by atoms with Crippen molar-refractivity contribution in [2.45, 2.75) is 0 Å². The van der Waals surface area contributed by atoms with Gasteiger partial charge in [-0.1, -0.05) is 48.5 Å². The van der Waals surface area contributed by atoms with Gasteiger partial charge in [0.2, 0.25) is 0 Å². The number of nitrogens with zero attached hydrogens (tertiary/aromatic N) is 1. The largest absolute Gasteiger partial charge is 0.322 e. The molecule has 0 bridgehead atoms. The van der Waals surface area contributed by atoms with Gasteiger partial charge in [0.05, 0.1) is 10.5 Å². The number of nitro benzene ring substituents is 1. The highest BCUT2D eigenvalue weighted by Gasteiger charge is 2.18. The molecular formula is C20H14N2O4. The number of anilines is 1. The first-order valence-corrected chi connectivity index (χ1v) is 7.81. The minimum atomic E-state index is -0.514. The van der Waals surface area contributed by atoms with Crippen LogP contribution >= 0.6 is 0 Å². The van der Waals surface area contributed by atoms with E-state index in [2.05, 4.69) is 5.32 Å². The molecule has 0 heterocycles. The molecule has 0 aliphatic carbocycles. The van der Waals surface area contributed by atoms with E-state index in [-0.39, 0.29) is 22.6 Å². The van der Waals surface area contributed by atoms with Crippen molar-refractivity contribution in [1.29, 1.82) is 0 Å². The average Bonchev–Trinajstić information content (AvgIpc) is 2.68. The summed E-state index contributed by atoms with van der Waals surface area (Å²) in [5, 5.41) is 13.3. The van der Waals surface area contributed by atoms with Crippen LogP contribution in [-0.4, -0.2) is 16.6 Å². The van der Waals surface area contributed by atoms with Gasteiger partial charge in [-0.2, -0.15) is 0 Å². The lowest BCUT2D eigenvalue weighted by molar-refractivity contribution is -0.384. The number of hydrogen-bond acceptors (Lipinski definition) is 4. The van der Waals surface area contributed by atoms with Gasteiger partial charge in [0.15, 0.2) is 5.78 Å². The van der Waals surface area contributed by atoms with Crippen LogP contribution < -0.4 is 5.32 Å². The Morgan fingerprint density at radius 2 is 1.35 bits per heavy atom. The first kappa shape index (κ1) is 17.0. The molecule has 6 nitrogen and oxygen atoms in total. The Morgan fingerprint density at radius 3 is 1.96 bits per heavy atom. The van der Waals surface area contributed by atoms with Gasteiger partial charge in [0.25, 0.3) is 11.6 Å². The second-order valence-corrected chi connectivity index (χ2v) is 5.50. The second kappa shape index (κ2) is 7.40. The van der Waals surface area contributed by atoms with Crippen molar-refractivity contribution < 1.29 is 14.5 Å². The second-order valence-electron chi connectivity index (χ2n) is 5.50. The van der Waals surface area contributed by atoms with E-state index < -0.39 is 10.8 Å². The monoisotopic (exact) mass is 346 g/mol. The number of hydrogen-bond donors (Lipinski definition) is 1. The molecule has 128 valence electrons. The maximum atomic E-state index is 12.7. The average molecular weight is 346 g/mol. The Hall–Kier alpha value is -3.80. The van der Waals surface area contributed by atoms with E-state index in [1.165, 1.54) is 24.3 Å². The molecule has 6 heteroatoms. The van der Waals surface area contributed by atoms with Crippen LogP contribution in [0.15, 0.2) is 78.9 Å². The van der Waals surface area contributed by atoms with Crippen molar-refractivity contribution in [3.63, 3.8) is 0 Å². The Kier molecular flexibility index (Phi) is 4.85. The lowest BCUT2D eigenvalue weighted by Crippen LogP contribution is -2.16. The number of nitro groups is 1. The van der Waals surface area contributed by atoms with Gasteiger partial charge in [-0.15, -0.1) is 0 Å². The molecule has 1 N–H and O–H groups in total. The first-order chi connectivity index (χ1) is 12.6. The molecule has 0 spiro atoms. The molecule has 0 atom stereocenters. The summed E-state index contributed by atoms with van der Waals surface area (Å²) in [5.74, 6) is -0.709. The standard InChI is InChI=1S/C20H14N2O4/c23-19(14-6-2-1-3-7-14)17-8-4-5-9-18(17)20(24)21-15-10-12-16(13-11-15)22(25)26/h1-13H,(H,21,24). The molecule has 26 heavy (non-hydrogen) atoms. The number of carbonyl (C=O) groups is 2. The van der Waals surface area contributed by atoms with E-state index in [4.69, 9.17) is 0 Å². The van der Waals surface area contributed by atoms with Crippen LogP contribution in [0.2, 0.25) is 0 Å². The number of ketones is 1. The van der Waals surface area contributed by atoms with E-state index in [1.54, 1.807) is 48.5 Å². The van der Waals surface area contributed by atoms with Crippen molar-refractivity contribution in [1.82, 2.24) is 0 Å². The Labute approximate surface area is 149 Å². The summed E-state index contributed by atoms with van der Waals surface area (Å²) >= 11 is 0. The summed E-state index contributed by atoms with van der Waals surface area (Å²) in [6.07, 6.45) is 0. The van der Waals surface area contributed by atoms with Crippen LogP contribution in [0.1, 0.15) is 26.3 Å². The molecule has 0 unspecified atom stereocenters. The summed E-state index contributed by atoms with van der Waals surface area (Å²) < 4.78 is 0. The van der Waals surface area contributed by atoms with E-state index in [9.17, 15) is 19.7 Å². The highest BCUT2D eigenvalue weighted by Crippen LogP contribution is 2.19. The van der Waals surface area contributed by atoms with Gasteiger partial charge in [-0.25, -0.2) is 0 Å². The van der Waals surface area contributed by atoms with Gasteiger partial charge in [0.1, 0.15) is 0 Å². The van der Waals surface area contributed by atoms with E-state index in [1.807, 2.05) is 6.07 Å². The smallest absolute Gasteiger partial charge is 0.269 e. The maximum Gasteiger partial charge on any atom is 0.269 e. The Balaban J connectivity index is 1.86. The van der Waals surface area contributed by atoms with Crippen LogP contribution in [-0.2, 0) is 0 Å². The number of amides is 1. The van der Waals surface area contributed by atoms with Gasteiger partial charge < -0.3 is 5.32 Å². The topological polar surface area (TPSA) is 89.3 Å². The maximum absolute atomic E-state index is 12.7. The van der Waals surface area contributed by atoms with E-state index in [0.717, 1.165) is 0 Å². The predicted molar refractivity (Wildman–Crippen MR) is 97.4 cm³/mol. The number of rotatable bonds is 5. The third kappa shape index (κ3) is 3.64. The predicted octanol–water partition coefficient (Wildman–Crippen LogP) is 4.08. The fraction of sp³-hybridized carbons (Fsp3) is 0. The zero-order valence-electron chi connectivity index (χ0n) is 13.6. The van der Waals surface area contributed by atoms with Crippen molar-refractivity contribution in [3.8, 4) is 0 Å². The van der Waals surface area contributed by atoms with Crippen LogP contribution in [0.5, 0.6) is 0 Å². The number of non-ortho nitro benzene ring substituents is 1. The molecule has 3 aromatic carbocycles. The SMILES string of the molecule is O=C(Nc1ccc([N+](=O)[O-])cc1)c1ccccc1C(=O)c1ccccc1. The van der Waals surface area contributed by atoms with Crippen molar-refractivity contribution in [2.75, 3.05) is 5.32 Å².